The Kier molecular flexibility index (Phi) is 5.80. The zero-order valence-electron chi connectivity index (χ0n) is 11.4. The van der Waals surface area contributed by atoms with Gasteiger partial charge in [-0.3, -0.25) is 4.79 Å². The molecule has 0 saturated carbocycles. The molecule has 17 heavy (non-hydrogen) atoms. The molecular weight excluding hydrogens is 232 g/mol. The molecule has 1 fully saturated rings. The summed E-state index contributed by atoms with van der Waals surface area (Å²) in [5, 5.41) is 0. The van der Waals surface area contributed by atoms with Crippen molar-refractivity contribution < 1.29 is 4.79 Å². The molecule has 0 aromatic rings. The molecule has 4 heteroatoms. The van der Waals surface area contributed by atoms with Gasteiger partial charge in [0.15, 0.2) is 0 Å². The summed E-state index contributed by atoms with van der Waals surface area (Å²) in [6.45, 7) is 7.12. The molecule has 100 valence electrons. The van der Waals surface area contributed by atoms with Gasteiger partial charge in [0.25, 0.3) is 0 Å². The molecule has 0 aromatic heterocycles. The monoisotopic (exact) mass is 258 g/mol. The number of carbonyl (C=O) groups excluding carboxylic acids is 1. The third-order valence-corrected chi connectivity index (χ3v) is 4.52. The van der Waals surface area contributed by atoms with Crippen molar-refractivity contribution in [2.24, 2.45) is 5.73 Å². The van der Waals surface area contributed by atoms with E-state index in [9.17, 15) is 4.79 Å². The van der Waals surface area contributed by atoms with Crippen LogP contribution in [0.5, 0.6) is 0 Å². The second-order valence-electron chi connectivity index (χ2n) is 5.63. The van der Waals surface area contributed by atoms with E-state index in [1.54, 1.807) is 11.8 Å². The average molecular weight is 258 g/mol. The molecule has 1 amide bonds. The Balaban J connectivity index is 2.35. The Hall–Kier alpha value is -0.220. The van der Waals surface area contributed by atoms with Crippen molar-refractivity contribution in [2.75, 3.05) is 18.1 Å². The van der Waals surface area contributed by atoms with Gasteiger partial charge in [0, 0.05) is 23.9 Å². The fourth-order valence-corrected chi connectivity index (χ4v) is 3.21. The molecule has 1 heterocycles. The number of rotatable bonds is 5. The van der Waals surface area contributed by atoms with Crippen molar-refractivity contribution in [2.45, 2.75) is 58.0 Å². The lowest BCUT2D eigenvalue weighted by Gasteiger charge is -2.35. The van der Waals surface area contributed by atoms with Gasteiger partial charge in [-0.05, 0) is 39.5 Å². The van der Waals surface area contributed by atoms with Gasteiger partial charge in [-0.15, -0.1) is 0 Å². The quantitative estimate of drug-likeness (QED) is 0.822. The maximum Gasteiger partial charge on any atom is 0.232 e. The highest BCUT2D eigenvalue weighted by atomic mass is 32.2. The fraction of sp³-hybridized carbons (Fsp3) is 0.923. The molecule has 2 N–H and O–H groups in total. The van der Waals surface area contributed by atoms with E-state index < -0.39 is 0 Å². The van der Waals surface area contributed by atoms with E-state index in [0.29, 0.717) is 17.7 Å². The highest BCUT2D eigenvalue weighted by Crippen LogP contribution is 2.21. The number of hydrogen-bond donors (Lipinski definition) is 1. The van der Waals surface area contributed by atoms with Gasteiger partial charge < -0.3 is 10.6 Å². The van der Waals surface area contributed by atoms with E-state index in [-0.39, 0.29) is 5.54 Å². The van der Waals surface area contributed by atoms with Crippen LogP contribution in [0.15, 0.2) is 0 Å². The van der Waals surface area contributed by atoms with Gasteiger partial charge in [0.1, 0.15) is 0 Å². The zero-order chi connectivity index (χ0) is 12.9. The summed E-state index contributed by atoms with van der Waals surface area (Å²) in [6, 6.07) is 0.475. The molecule has 1 rings (SSSR count). The summed E-state index contributed by atoms with van der Waals surface area (Å²) < 4.78 is 0. The lowest BCUT2D eigenvalue weighted by molar-refractivity contribution is -0.132. The molecule has 1 unspecified atom stereocenters. The third kappa shape index (κ3) is 5.30. The number of likely N-dealkylation sites (tertiary alicyclic amines) is 1. The minimum atomic E-state index is -0.184. The Labute approximate surface area is 109 Å². The fourth-order valence-electron chi connectivity index (χ4n) is 2.24. The Morgan fingerprint density at radius 2 is 2.18 bits per heavy atom. The van der Waals surface area contributed by atoms with E-state index in [0.717, 1.165) is 25.1 Å². The lowest BCUT2D eigenvalue weighted by Crippen LogP contribution is -2.44. The van der Waals surface area contributed by atoms with Crippen molar-refractivity contribution in [1.82, 2.24) is 4.90 Å². The first-order chi connectivity index (χ1) is 7.94. The SMILES string of the molecule is CCC1CCCCN1C(=O)CSCC(C)(C)N. The van der Waals surface area contributed by atoms with Gasteiger partial charge in [-0.1, -0.05) is 6.92 Å². The molecule has 1 atom stereocenters. The lowest BCUT2D eigenvalue weighted by atomic mass is 10.0. The van der Waals surface area contributed by atoms with E-state index in [1.165, 1.54) is 12.8 Å². The molecule has 0 aliphatic carbocycles. The van der Waals surface area contributed by atoms with Crippen molar-refractivity contribution in [1.29, 1.82) is 0 Å². The first-order valence-electron chi connectivity index (χ1n) is 6.60. The minimum Gasteiger partial charge on any atom is -0.339 e. The van der Waals surface area contributed by atoms with Gasteiger partial charge in [-0.2, -0.15) is 11.8 Å². The van der Waals surface area contributed by atoms with Crippen LogP contribution in [0, 0.1) is 0 Å². The van der Waals surface area contributed by atoms with Gasteiger partial charge >= 0.3 is 0 Å². The second kappa shape index (κ2) is 6.64. The van der Waals surface area contributed by atoms with Crippen LogP contribution in [0.3, 0.4) is 0 Å². The summed E-state index contributed by atoms with van der Waals surface area (Å²) in [5.41, 5.74) is 5.72. The predicted octanol–water partition coefficient (Wildman–Crippen LogP) is 2.25. The summed E-state index contributed by atoms with van der Waals surface area (Å²) in [7, 11) is 0. The number of nitrogens with zero attached hydrogens (tertiary/aromatic N) is 1. The summed E-state index contributed by atoms with van der Waals surface area (Å²) in [4.78, 5) is 14.2. The number of carbonyl (C=O) groups is 1. The van der Waals surface area contributed by atoms with Crippen LogP contribution in [0.2, 0.25) is 0 Å². The number of nitrogens with two attached hydrogens (primary N) is 1. The first kappa shape index (κ1) is 14.8. The molecule has 0 aromatic carbocycles. The zero-order valence-corrected chi connectivity index (χ0v) is 12.2. The maximum absolute atomic E-state index is 12.1. The van der Waals surface area contributed by atoms with E-state index in [2.05, 4.69) is 11.8 Å². The standard InChI is InChI=1S/C13H26N2OS/c1-4-11-7-5-6-8-15(11)12(16)9-17-10-13(2,3)14/h11H,4-10,14H2,1-3H3. The smallest absolute Gasteiger partial charge is 0.232 e. The highest BCUT2D eigenvalue weighted by Gasteiger charge is 2.25. The largest absolute Gasteiger partial charge is 0.339 e. The second-order valence-corrected chi connectivity index (χ2v) is 6.61. The van der Waals surface area contributed by atoms with Gasteiger partial charge in [-0.25, -0.2) is 0 Å². The van der Waals surface area contributed by atoms with Crippen LogP contribution in [0.1, 0.15) is 46.5 Å². The highest BCUT2D eigenvalue weighted by molar-refractivity contribution is 8.00. The molecule has 1 aliphatic heterocycles. The summed E-state index contributed by atoms with van der Waals surface area (Å²) in [6.07, 6.45) is 4.69. The maximum atomic E-state index is 12.1. The first-order valence-corrected chi connectivity index (χ1v) is 7.75. The molecular formula is C13H26N2OS. The Morgan fingerprint density at radius 1 is 1.47 bits per heavy atom. The summed E-state index contributed by atoms with van der Waals surface area (Å²) in [5.74, 6) is 1.71. The normalized spacial score (nSPS) is 21.6. The molecule has 0 bridgehead atoms. The molecule has 0 radical (unpaired) electrons. The van der Waals surface area contributed by atoms with E-state index in [1.807, 2.05) is 13.8 Å². The molecule has 0 spiro atoms. The average Bonchev–Trinajstić information content (AvgIpc) is 2.27. The predicted molar refractivity (Wildman–Crippen MR) is 75.2 cm³/mol. The van der Waals surface area contributed by atoms with Crippen LogP contribution in [-0.2, 0) is 4.79 Å². The number of hydrogen-bond acceptors (Lipinski definition) is 3. The van der Waals surface area contributed by atoms with Crippen LogP contribution >= 0.6 is 11.8 Å². The van der Waals surface area contributed by atoms with E-state index >= 15 is 0 Å². The molecule has 1 saturated heterocycles. The van der Waals surface area contributed by atoms with Crippen molar-refractivity contribution >= 4 is 17.7 Å². The van der Waals surface area contributed by atoms with Crippen LogP contribution < -0.4 is 5.73 Å². The molecule has 3 nitrogen and oxygen atoms in total. The number of piperidine rings is 1. The summed E-state index contributed by atoms with van der Waals surface area (Å²) >= 11 is 1.66. The molecule has 1 aliphatic rings. The number of thioether (sulfide) groups is 1. The van der Waals surface area contributed by atoms with Crippen LogP contribution in [0.4, 0.5) is 0 Å². The van der Waals surface area contributed by atoms with Crippen molar-refractivity contribution in [3.05, 3.63) is 0 Å². The van der Waals surface area contributed by atoms with Gasteiger partial charge in [0.2, 0.25) is 5.91 Å². The third-order valence-electron chi connectivity index (χ3n) is 3.12. The van der Waals surface area contributed by atoms with Crippen molar-refractivity contribution in [3.8, 4) is 0 Å². The Bertz CT molecular complexity index is 250. The Morgan fingerprint density at radius 3 is 2.76 bits per heavy atom. The number of amides is 1. The van der Waals surface area contributed by atoms with Crippen molar-refractivity contribution in [3.63, 3.8) is 0 Å². The topological polar surface area (TPSA) is 46.3 Å². The van der Waals surface area contributed by atoms with Crippen LogP contribution in [-0.4, -0.2) is 40.4 Å². The minimum absolute atomic E-state index is 0.184. The van der Waals surface area contributed by atoms with Gasteiger partial charge in [0.05, 0.1) is 5.75 Å². The van der Waals surface area contributed by atoms with Crippen LogP contribution in [0.25, 0.3) is 0 Å². The van der Waals surface area contributed by atoms with E-state index in [4.69, 9.17) is 5.73 Å².